The molecule has 5 nitrogen and oxygen atoms in total. The summed E-state index contributed by atoms with van der Waals surface area (Å²) in [4.78, 5) is 16.6. The summed E-state index contributed by atoms with van der Waals surface area (Å²) >= 11 is 0. The first-order valence-corrected chi connectivity index (χ1v) is 8.00. The highest BCUT2D eigenvalue weighted by Crippen LogP contribution is 2.26. The van der Waals surface area contributed by atoms with E-state index in [-0.39, 0.29) is 11.8 Å². The van der Waals surface area contributed by atoms with Crippen LogP contribution in [0.25, 0.3) is 11.5 Å². The van der Waals surface area contributed by atoms with Gasteiger partial charge in [-0.3, -0.25) is 4.79 Å². The number of nitrogens with zero attached hydrogens (tertiary/aromatic N) is 2. The molecule has 0 spiro atoms. The van der Waals surface area contributed by atoms with Gasteiger partial charge in [-0.15, -0.1) is 0 Å². The fourth-order valence-corrected chi connectivity index (χ4v) is 2.85. The lowest BCUT2D eigenvalue weighted by atomic mass is 9.88. The number of aromatic nitrogens is 2. The van der Waals surface area contributed by atoms with Gasteiger partial charge in [-0.05, 0) is 31.0 Å². The maximum absolute atomic E-state index is 12.3. The second kappa shape index (κ2) is 6.73. The third-order valence-electron chi connectivity index (χ3n) is 4.14. The van der Waals surface area contributed by atoms with Crippen LogP contribution in [-0.4, -0.2) is 16.0 Å². The van der Waals surface area contributed by atoms with Crippen molar-refractivity contribution < 1.29 is 9.32 Å². The van der Waals surface area contributed by atoms with Gasteiger partial charge in [0.25, 0.3) is 5.89 Å². The molecule has 1 N–H and O–H groups in total. The second-order valence-corrected chi connectivity index (χ2v) is 5.77. The molecule has 2 aromatic rings. The van der Waals surface area contributed by atoms with Crippen molar-refractivity contribution in [2.75, 3.05) is 5.32 Å². The van der Waals surface area contributed by atoms with Gasteiger partial charge in [0.1, 0.15) is 0 Å². The molecule has 116 valence electrons. The molecular weight excluding hydrogens is 278 g/mol. The molecule has 0 radical (unpaired) electrons. The first-order valence-electron chi connectivity index (χ1n) is 8.00. The van der Waals surface area contributed by atoms with Crippen LogP contribution in [0.4, 0.5) is 5.69 Å². The number of hydrogen-bond donors (Lipinski definition) is 1. The minimum Gasteiger partial charge on any atom is -0.334 e. The number of rotatable bonds is 4. The molecule has 1 heterocycles. The fourth-order valence-electron chi connectivity index (χ4n) is 2.85. The van der Waals surface area contributed by atoms with E-state index in [1.807, 2.05) is 31.2 Å². The van der Waals surface area contributed by atoms with Gasteiger partial charge in [0.15, 0.2) is 5.82 Å². The van der Waals surface area contributed by atoms with Crippen LogP contribution >= 0.6 is 0 Å². The van der Waals surface area contributed by atoms with Crippen LogP contribution < -0.4 is 5.32 Å². The molecule has 1 amide bonds. The van der Waals surface area contributed by atoms with E-state index in [9.17, 15) is 4.79 Å². The molecule has 22 heavy (non-hydrogen) atoms. The molecule has 1 aliphatic rings. The van der Waals surface area contributed by atoms with Crippen molar-refractivity contribution in [3.05, 3.63) is 30.1 Å². The van der Waals surface area contributed by atoms with Crippen molar-refractivity contribution in [1.29, 1.82) is 0 Å². The Morgan fingerprint density at radius 2 is 2.14 bits per heavy atom. The Balaban J connectivity index is 1.72. The summed E-state index contributed by atoms with van der Waals surface area (Å²) in [6.07, 6.45) is 6.28. The first-order chi connectivity index (χ1) is 10.8. The van der Waals surface area contributed by atoms with Crippen LogP contribution in [0.3, 0.4) is 0 Å². The van der Waals surface area contributed by atoms with Crippen LogP contribution in [0.2, 0.25) is 0 Å². The Morgan fingerprint density at radius 3 is 2.86 bits per heavy atom. The van der Waals surface area contributed by atoms with E-state index in [1.54, 1.807) is 0 Å². The average molecular weight is 299 g/mol. The lowest BCUT2D eigenvalue weighted by Crippen LogP contribution is -2.24. The summed E-state index contributed by atoms with van der Waals surface area (Å²) in [6, 6.07) is 7.57. The van der Waals surface area contributed by atoms with Gasteiger partial charge in [0, 0.05) is 23.6 Å². The lowest BCUT2D eigenvalue weighted by molar-refractivity contribution is -0.120. The van der Waals surface area contributed by atoms with Gasteiger partial charge in [-0.25, -0.2) is 0 Å². The average Bonchev–Trinajstić information content (AvgIpc) is 3.05. The van der Waals surface area contributed by atoms with Gasteiger partial charge in [-0.2, -0.15) is 4.98 Å². The number of anilines is 1. The fraction of sp³-hybridized carbons (Fsp3) is 0.471. The molecule has 3 rings (SSSR count). The number of nitrogens with one attached hydrogen (secondary N) is 1. The van der Waals surface area contributed by atoms with Crippen LogP contribution in [0.1, 0.15) is 44.9 Å². The zero-order valence-corrected chi connectivity index (χ0v) is 12.8. The number of hydrogen-bond acceptors (Lipinski definition) is 4. The Labute approximate surface area is 130 Å². The first kappa shape index (κ1) is 14.8. The largest absolute Gasteiger partial charge is 0.334 e. The van der Waals surface area contributed by atoms with Crippen molar-refractivity contribution in [1.82, 2.24) is 10.1 Å². The van der Waals surface area contributed by atoms with Gasteiger partial charge in [-0.1, -0.05) is 37.4 Å². The highest BCUT2D eigenvalue weighted by molar-refractivity contribution is 5.93. The van der Waals surface area contributed by atoms with E-state index in [1.165, 1.54) is 6.42 Å². The molecule has 1 aromatic carbocycles. The Hall–Kier alpha value is -2.17. The summed E-state index contributed by atoms with van der Waals surface area (Å²) in [6.45, 7) is 1.98. The molecule has 5 heteroatoms. The molecule has 0 bridgehead atoms. The zero-order chi connectivity index (χ0) is 15.4. The Morgan fingerprint density at radius 1 is 1.32 bits per heavy atom. The van der Waals surface area contributed by atoms with E-state index in [2.05, 4.69) is 15.5 Å². The van der Waals surface area contributed by atoms with E-state index < -0.39 is 0 Å². The second-order valence-electron chi connectivity index (χ2n) is 5.77. The summed E-state index contributed by atoms with van der Waals surface area (Å²) in [7, 11) is 0. The summed E-state index contributed by atoms with van der Waals surface area (Å²) in [5.41, 5.74) is 1.61. The predicted molar refractivity (Wildman–Crippen MR) is 84.3 cm³/mol. The van der Waals surface area contributed by atoms with Crippen molar-refractivity contribution in [3.8, 4) is 11.5 Å². The molecule has 0 saturated heterocycles. The minimum atomic E-state index is 0.122. The van der Waals surface area contributed by atoms with Crippen LogP contribution in [0, 0.1) is 5.92 Å². The predicted octanol–water partition coefficient (Wildman–Crippen LogP) is 3.82. The van der Waals surface area contributed by atoms with E-state index in [0.29, 0.717) is 11.7 Å². The van der Waals surface area contributed by atoms with E-state index in [0.717, 1.165) is 43.4 Å². The third-order valence-corrected chi connectivity index (χ3v) is 4.14. The molecule has 1 aromatic heterocycles. The molecule has 0 atom stereocenters. The normalized spacial score (nSPS) is 15.7. The van der Waals surface area contributed by atoms with Gasteiger partial charge < -0.3 is 9.84 Å². The maximum atomic E-state index is 12.3. The summed E-state index contributed by atoms with van der Waals surface area (Å²) < 4.78 is 5.24. The number of carbonyl (C=O) groups is 1. The molecule has 1 fully saturated rings. The monoisotopic (exact) mass is 299 g/mol. The smallest absolute Gasteiger partial charge is 0.257 e. The minimum absolute atomic E-state index is 0.122. The van der Waals surface area contributed by atoms with Gasteiger partial charge in [0.05, 0.1) is 0 Å². The Bertz CT molecular complexity index is 645. The number of benzene rings is 1. The highest BCUT2D eigenvalue weighted by Gasteiger charge is 2.21. The van der Waals surface area contributed by atoms with Gasteiger partial charge in [0.2, 0.25) is 5.91 Å². The highest BCUT2D eigenvalue weighted by atomic mass is 16.5. The number of aryl methyl sites for hydroxylation is 1. The SMILES string of the molecule is CCc1noc(-c2cccc(NC(=O)C3CCCCC3)c2)n1. The number of amides is 1. The standard InChI is InChI=1S/C17H21N3O2/c1-2-15-19-17(22-20-15)13-9-6-10-14(11-13)18-16(21)12-7-4-3-5-8-12/h6,9-12H,2-5,7-8H2,1H3,(H,18,21). The molecule has 0 aliphatic heterocycles. The molecule has 0 unspecified atom stereocenters. The third kappa shape index (κ3) is 3.35. The maximum Gasteiger partial charge on any atom is 0.257 e. The number of carbonyl (C=O) groups excluding carboxylic acids is 1. The molecular formula is C17H21N3O2. The van der Waals surface area contributed by atoms with Crippen molar-refractivity contribution in [2.45, 2.75) is 45.4 Å². The Kier molecular flexibility index (Phi) is 4.51. The summed E-state index contributed by atoms with van der Waals surface area (Å²) in [5, 5.41) is 6.92. The van der Waals surface area contributed by atoms with E-state index >= 15 is 0 Å². The van der Waals surface area contributed by atoms with Crippen molar-refractivity contribution in [2.24, 2.45) is 5.92 Å². The van der Waals surface area contributed by atoms with Gasteiger partial charge >= 0.3 is 0 Å². The molecule has 1 aliphatic carbocycles. The zero-order valence-electron chi connectivity index (χ0n) is 12.8. The lowest BCUT2D eigenvalue weighted by Gasteiger charge is -2.20. The molecule has 1 saturated carbocycles. The summed E-state index contributed by atoms with van der Waals surface area (Å²) in [5.74, 6) is 1.45. The van der Waals surface area contributed by atoms with Crippen LogP contribution in [0.5, 0.6) is 0 Å². The quantitative estimate of drug-likeness (QED) is 0.932. The van der Waals surface area contributed by atoms with E-state index in [4.69, 9.17) is 4.52 Å². The topological polar surface area (TPSA) is 68.0 Å². The van der Waals surface area contributed by atoms with Crippen LogP contribution in [0.15, 0.2) is 28.8 Å². The van der Waals surface area contributed by atoms with Crippen molar-refractivity contribution in [3.63, 3.8) is 0 Å². The van der Waals surface area contributed by atoms with Crippen molar-refractivity contribution >= 4 is 11.6 Å². The van der Waals surface area contributed by atoms with Crippen LogP contribution in [-0.2, 0) is 11.2 Å².